The molecule has 0 aliphatic heterocycles. The molecule has 39 heavy (non-hydrogen) atoms. The van der Waals surface area contributed by atoms with Gasteiger partial charge in [-0.15, -0.1) is 0 Å². The molecule has 0 atom stereocenters. The Morgan fingerprint density at radius 3 is 2.26 bits per heavy atom. The molecule has 0 radical (unpaired) electrons. The van der Waals surface area contributed by atoms with E-state index < -0.39 is 11.7 Å². The summed E-state index contributed by atoms with van der Waals surface area (Å²) in [6.07, 6.45) is 1.07. The normalized spacial score (nSPS) is 13.6. The fourth-order valence-electron chi connectivity index (χ4n) is 4.61. The molecule has 0 bridgehead atoms. The number of carbonyl (C=O) groups is 2. The lowest BCUT2D eigenvalue weighted by Gasteiger charge is -2.14. The van der Waals surface area contributed by atoms with Crippen molar-refractivity contribution in [3.63, 3.8) is 0 Å². The molecule has 7 nitrogen and oxygen atoms in total. The van der Waals surface area contributed by atoms with Crippen LogP contribution >= 0.6 is 11.6 Å². The van der Waals surface area contributed by atoms with E-state index in [0.29, 0.717) is 29.0 Å². The number of carbonyl (C=O) groups excluding carboxylic acids is 2. The smallest absolute Gasteiger partial charge is 0.412 e. The molecule has 1 N–H and O–H groups in total. The zero-order valence-electron chi connectivity index (χ0n) is 20.7. The van der Waals surface area contributed by atoms with Crippen molar-refractivity contribution in [2.24, 2.45) is 0 Å². The molecular formula is C31H23ClN2O5. The van der Waals surface area contributed by atoms with Crippen LogP contribution in [0.4, 0.5) is 10.5 Å². The average molecular weight is 539 g/mol. The van der Waals surface area contributed by atoms with Crippen molar-refractivity contribution in [3.05, 3.63) is 107 Å². The summed E-state index contributed by atoms with van der Waals surface area (Å²) in [6, 6.07) is 28.7. The first-order chi connectivity index (χ1) is 19.0. The highest BCUT2D eigenvalue weighted by atomic mass is 35.5. The number of pyridine rings is 1. The van der Waals surface area contributed by atoms with Gasteiger partial charge in [0.15, 0.2) is 5.76 Å². The quantitative estimate of drug-likeness (QED) is 0.160. The van der Waals surface area contributed by atoms with E-state index in [0.717, 1.165) is 40.7 Å². The minimum Gasteiger partial charge on any atom is -0.456 e. The van der Waals surface area contributed by atoms with E-state index >= 15 is 0 Å². The first-order valence-electron chi connectivity index (χ1n) is 12.4. The van der Waals surface area contributed by atoms with Crippen LogP contribution in [0.25, 0.3) is 33.6 Å². The number of nitrogens with one attached hydrogen (secondary N) is 1. The maximum atomic E-state index is 12.7. The highest BCUT2D eigenvalue weighted by Gasteiger charge is 2.46. The van der Waals surface area contributed by atoms with Crippen LogP contribution < -0.4 is 5.32 Å². The Balaban J connectivity index is 1.25. The summed E-state index contributed by atoms with van der Waals surface area (Å²) < 4.78 is 16.8. The van der Waals surface area contributed by atoms with E-state index in [-0.39, 0.29) is 11.8 Å². The molecule has 1 saturated carbocycles. The highest BCUT2D eigenvalue weighted by molar-refractivity contribution is 6.29. The van der Waals surface area contributed by atoms with Gasteiger partial charge in [-0.25, -0.2) is 9.78 Å². The van der Waals surface area contributed by atoms with Crippen molar-refractivity contribution >= 4 is 41.0 Å². The first-order valence-corrected chi connectivity index (χ1v) is 12.8. The fourth-order valence-corrected chi connectivity index (χ4v) is 4.75. The SMILES string of the molecule is O=COC1(c2ccc(-c3ccc(-c4oc5nc(Cl)ccc5c4NC(=O)OCc4ccccc4)cc3)cc2)CC1. The van der Waals surface area contributed by atoms with Crippen molar-refractivity contribution in [2.45, 2.75) is 25.0 Å². The minimum absolute atomic E-state index is 0.137. The molecule has 0 spiro atoms. The van der Waals surface area contributed by atoms with Crippen LogP contribution in [0.15, 0.2) is 95.4 Å². The second-order valence-electron chi connectivity index (χ2n) is 9.34. The van der Waals surface area contributed by atoms with Gasteiger partial charge in [-0.1, -0.05) is 90.5 Å². The number of benzene rings is 3. The van der Waals surface area contributed by atoms with E-state index in [1.165, 1.54) is 0 Å². The highest BCUT2D eigenvalue weighted by Crippen LogP contribution is 2.49. The van der Waals surface area contributed by atoms with E-state index in [1.807, 2.05) is 78.9 Å². The van der Waals surface area contributed by atoms with Crippen LogP contribution in [-0.2, 0) is 26.5 Å². The second-order valence-corrected chi connectivity index (χ2v) is 9.73. The lowest BCUT2D eigenvalue weighted by atomic mass is 9.99. The summed E-state index contributed by atoms with van der Waals surface area (Å²) in [4.78, 5) is 27.8. The Hall–Kier alpha value is -4.62. The van der Waals surface area contributed by atoms with Crippen LogP contribution in [0.5, 0.6) is 0 Å². The van der Waals surface area contributed by atoms with Gasteiger partial charge in [-0.2, -0.15) is 0 Å². The van der Waals surface area contributed by atoms with Crippen molar-refractivity contribution < 1.29 is 23.5 Å². The molecule has 2 aromatic heterocycles. The van der Waals surface area contributed by atoms with Crippen molar-refractivity contribution in [1.82, 2.24) is 4.98 Å². The maximum absolute atomic E-state index is 12.7. The van der Waals surface area contributed by atoms with Crippen LogP contribution in [0.1, 0.15) is 24.0 Å². The Labute approximate surface area is 229 Å². The van der Waals surface area contributed by atoms with Crippen LogP contribution in [0, 0.1) is 0 Å². The number of rotatable bonds is 8. The van der Waals surface area contributed by atoms with Gasteiger partial charge in [0, 0.05) is 5.56 Å². The van der Waals surface area contributed by atoms with E-state index in [4.69, 9.17) is 25.5 Å². The number of aromatic nitrogens is 1. The number of anilines is 1. The zero-order valence-corrected chi connectivity index (χ0v) is 21.5. The molecule has 2 heterocycles. The summed E-state index contributed by atoms with van der Waals surface area (Å²) in [5.41, 5.74) is 4.95. The number of halogens is 1. The van der Waals surface area contributed by atoms with Gasteiger partial charge in [0.25, 0.3) is 6.47 Å². The summed E-state index contributed by atoms with van der Waals surface area (Å²) in [6.45, 7) is 0.658. The van der Waals surface area contributed by atoms with Crippen molar-refractivity contribution in [3.8, 4) is 22.5 Å². The van der Waals surface area contributed by atoms with Gasteiger partial charge < -0.3 is 13.9 Å². The van der Waals surface area contributed by atoms with E-state index in [2.05, 4.69) is 10.3 Å². The molecule has 1 fully saturated rings. The molecule has 6 rings (SSSR count). The second kappa shape index (κ2) is 10.3. The summed E-state index contributed by atoms with van der Waals surface area (Å²) in [5.74, 6) is 0.444. The minimum atomic E-state index is -0.610. The number of fused-ring (bicyclic) bond motifs is 1. The Kier molecular flexibility index (Phi) is 6.50. The third-order valence-electron chi connectivity index (χ3n) is 6.83. The summed E-state index contributed by atoms with van der Waals surface area (Å²) >= 11 is 6.09. The standard InChI is InChI=1S/C31H23ClN2O5/c32-26-15-14-25-27(34-30(36)37-18-20-4-2-1-3-5-20)28(39-29(25)33-26)23-8-6-21(7-9-23)22-10-12-24(13-11-22)31(16-17-31)38-19-35/h1-15,19H,16-18H2,(H,34,36). The number of furan rings is 1. The van der Waals surface area contributed by atoms with Gasteiger partial charge >= 0.3 is 6.09 Å². The largest absolute Gasteiger partial charge is 0.456 e. The van der Waals surface area contributed by atoms with E-state index in [1.54, 1.807) is 12.1 Å². The number of nitrogens with zero attached hydrogens (tertiary/aromatic N) is 1. The number of hydrogen-bond donors (Lipinski definition) is 1. The van der Waals surface area contributed by atoms with Crippen LogP contribution in [0.2, 0.25) is 5.15 Å². The third kappa shape index (κ3) is 5.09. The zero-order chi connectivity index (χ0) is 26.8. The van der Waals surface area contributed by atoms with Gasteiger partial charge in [-0.05, 0) is 47.2 Å². The Morgan fingerprint density at radius 2 is 1.59 bits per heavy atom. The van der Waals surface area contributed by atoms with Crippen LogP contribution in [0.3, 0.4) is 0 Å². The Morgan fingerprint density at radius 1 is 0.923 bits per heavy atom. The lowest BCUT2D eigenvalue weighted by Crippen LogP contribution is -2.13. The summed E-state index contributed by atoms with van der Waals surface area (Å²) in [7, 11) is 0. The molecule has 1 aliphatic carbocycles. The lowest BCUT2D eigenvalue weighted by molar-refractivity contribution is -0.136. The monoisotopic (exact) mass is 538 g/mol. The topological polar surface area (TPSA) is 90.7 Å². The molecule has 0 saturated heterocycles. The van der Waals surface area contributed by atoms with Crippen molar-refractivity contribution in [2.75, 3.05) is 5.32 Å². The van der Waals surface area contributed by atoms with E-state index in [9.17, 15) is 9.59 Å². The number of hydrogen-bond acceptors (Lipinski definition) is 6. The Bertz CT molecular complexity index is 1640. The molecule has 5 aromatic rings. The predicted octanol–water partition coefficient (Wildman–Crippen LogP) is 7.73. The average Bonchev–Trinajstić information content (AvgIpc) is 3.67. The van der Waals surface area contributed by atoms with Gasteiger partial charge in [0.2, 0.25) is 5.71 Å². The number of amides is 1. The van der Waals surface area contributed by atoms with Crippen LogP contribution in [-0.4, -0.2) is 17.5 Å². The maximum Gasteiger partial charge on any atom is 0.412 e. The third-order valence-corrected chi connectivity index (χ3v) is 7.04. The van der Waals surface area contributed by atoms with Gasteiger partial charge in [0.1, 0.15) is 23.0 Å². The molecule has 1 amide bonds. The van der Waals surface area contributed by atoms with Gasteiger partial charge in [0.05, 0.1) is 5.39 Å². The molecule has 3 aromatic carbocycles. The number of ether oxygens (including phenoxy) is 2. The predicted molar refractivity (Wildman–Crippen MR) is 148 cm³/mol. The molecular weight excluding hydrogens is 516 g/mol. The first kappa shape index (κ1) is 24.7. The summed E-state index contributed by atoms with van der Waals surface area (Å²) in [5, 5.41) is 3.72. The fraction of sp³-hybridized carbons (Fsp3) is 0.129. The molecule has 1 aliphatic rings. The van der Waals surface area contributed by atoms with Gasteiger partial charge in [-0.3, -0.25) is 10.1 Å². The molecule has 0 unspecified atom stereocenters. The van der Waals surface area contributed by atoms with Crippen molar-refractivity contribution in [1.29, 1.82) is 0 Å². The molecule has 194 valence electrons. The molecule has 8 heteroatoms.